The number of hydrogen-bond donors (Lipinski definition) is 0. The fourth-order valence-electron chi connectivity index (χ4n) is 8.45. The summed E-state index contributed by atoms with van der Waals surface area (Å²) in [4.78, 5) is 41.1. The zero-order chi connectivity index (χ0) is 40.2. The van der Waals surface area contributed by atoms with Crippen LogP contribution >= 0.6 is 57.6 Å². The molecule has 4 aromatic heterocycles. The normalized spacial score (nSPS) is 11.9. The number of thiophene rings is 4. The number of benzene rings is 8. The van der Waals surface area contributed by atoms with Crippen molar-refractivity contribution in [3.63, 3.8) is 0 Å². The molecule has 4 heterocycles. The standard InChI is InChI=1S/C52H26O3S5/c53-49(29-11-17-35-33-5-1-3-7-41(33)57-45(35)23-29)50(54)30-12-18-39-37-15-9-27(21-43(37)59-46(39)24-30)28-10-16-38-40-19-13-31(25-47(40)60-44(38)22-28)51(55)52(56)32-14-20-36-34-6-2-4-8-42(34)58-48(36)26-32/h1-26H. The first-order valence-corrected chi connectivity index (χ1v) is 23.0. The first kappa shape index (κ1) is 35.7. The molecule has 12 aromatic rings. The molecule has 0 amide bonds. The molecule has 8 heteroatoms. The Balaban J connectivity index is 0.817. The summed E-state index contributed by atoms with van der Waals surface area (Å²) in [5.41, 5.74) is 4.35. The summed E-state index contributed by atoms with van der Waals surface area (Å²) in [6.45, 7) is 0. The van der Waals surface area contributed by atoms with E-state index in [0.29, 0.717) is 21.6 Å². The molecule has 0 spiro atoms. The third-order valence-electron chi connectivity index (χ3n) is 11.5. The lowest BCUT2D eigenvalue weighted by atomic mass is 9.99. The van der Waals surface area contributed by atoms with Crippen LogP contribution in [0.5, 0.6) is 0 Å². The number of rotatable bonds is 7. The molecular weight excluding hydrogens is 833 g/mol. The van der Waals surface area contributed by atoms with Crippen LogP contribution in [0.15, 0.2) is 158 Å². The molecule has 0 saturated carbocycles. The lowest BCUT2D eigenvalue weighted by Crippen LogP contribution is -2.14. The summed E-state index contributed by atoms with van der Waals surface area (Å²) in [5.74, 6) is -1.15. The highest BCUT2D eigenvalue weighted by Crippen LogP contribution is 2.41. The Morgan fingerprint density at radius 3 is 1.03 bits per heavy atom. The van der Waals surface area contributed by atoms with Crippen molar-refractivity contribution in [1.82, 2.24) is 0 Å². The molecule has 0 aliphatic carbocycles. The maximum absolute atomic E-state index is 13.8. The molecular formula is C52H26O3S5. The number of carbonyl (C=O) groups excluding carboxylic acids is 3. The number of hydrogen-bond acceptors (Lipinski definition) is 8. The Morgan fingerprint density at radius 2 is 0.600 bits per heavy atom. The lowest BCUT2D eigenvalue weighted by Gasteiger charge is -2.05. The summed E-state index contributed by atoms with van der Waals surface area (Å²) in [5, 5.41) is 9.08. The van der Waals surface area contributed by atoms with Crippen LogP contribution in [0, 0.1) is 0 Å². The number of thiocarbonyl (C=S) groups is 1. The predicted octanol–water partition coefficient (Wildman–Crippen LogP) is 15.5. The molecule has 0 atom stereocenters. The van der Waals surface area contributed by atoms with Crippen LogP contribution in [0.4, 0.5) is 0 Å². The molecule has 0 aliphatic heterocycles. The van der Waals surface area contributed by atoms with Crippen LogP contribution in [0.3, 0.4) is 0 Å². The third kappa shape index (κ3) is 5.64. The Morgan fingerprint density at radius 1 is 0.300 bits per heavy atom. The van der Waals surface area contributed by atoms with Gasteiger partial charge in [-0.15, -0.1) is 45.3 Å². The van der Waals surface area contributed by atoms with Crippen molar-refractivity contribution < 1.29 is 14.4 Å². The molecule has 0 radical (unpaired) electrons. The zero-order valence-corrected chi connectivity index (χ0v) is 35.4. The van der Waals surface area contributed by atoms with Gasteiger partial charge in [0.05, 0.1) is 4.86 Å². The van der Waals surface area contributed by atoms with Gasteiger partial charge in [0.2, 0.25) is 17.3 Å². The van der Waals surface area contributed by atoms with E-state index in [4.69, 9.17) is 12.2 Å². The zero-order valence-electron chi connectivity index (χ0n) is 31.3. The molecule has 0 unspecified atom stereocenters. The van der Waals surface area contributed by atoms with E-state index in [9.17, 15) is 14.4 Å². The van der Waals surface area contributed by atoms with Gasteiger partial charge < -0.3 is 0 Å². The second-order valence-corrected chi connectivity index (χ2v) is 19.7. The van der Waals surface area contributed by atoms with Crippen molar-refractivity contribution in [2.45, 2.75) is 0 Å². The van der Waals surface area contributed by atoms with Gasteiger partial charge in [-0.25, -0.2) is 0 Å². The summed E-state index contributed by atoms with van der Waals surface area (Å²) in [6.07, 6.45) is 0. The van der Waals surface area contributed by atoms with E-state index in [0.717, 1.165) is 81.9 Å². The van der Waals surface area contributed by atoms with E-state index in [1.165, 1.54) is 15.5 Å². The van der Waals surface area contributed by atoms with E-state index >= 15 is 0 Å². The number of Topliss-reactive ketones (excluding diaryl/α,β-unsaturated/α-hetero) is 3. The Bertz CT molecular complexity index is 3620. The molecule has 0 bridgehead atoms. The van der Waals surface area contributed by atoms with Crippen molar-refractivity contribution >= 4 is 160 Å². The smallest absolute Gasteiger partial charge is 0.233 e. The molecule has 0 aliphatic rings. The molecule has 3 nitrogen and oxygen atoms in total. The van der Waals surface area contributed by atoms with Crippen LogP contribution in [-0.2, 0) is 0 Å². The molecule has 8 aromatic carbocycles. The Hall–Kier alpha value is -6.26. The predicted molar refractivity (Wildman–Crippen MR) is 261 cm³/mol. The van der Waals surface area contributed by atoms with Crippen LogP contribution < -0.4 is 0 Å². The van der Waals surface area contributed by atoms with Gasteiger partial charge in [-0.05, 0) is 65.2 Å². The van der Waals surface area contributed by atoms with Crippen molar-refractivity contribution in [2.75, 3.05) is 0 Å². The Labute approximate surface area is 363 Å². The summed E-state index contributed by atoms with van der Waals surface area (Å²) >= 11 is 12.4. The fraction of sp³-hybridized carbons (Fsp3) is 0. The molecule has 60 heavy (non-hydrogen) atoms. The van der Waals surface area contributed by atoms with Gasteiger partial charge in [-0.1, -0.05) is 121 Å². The minimum atomic E-state index is -0.503. The maximum Gasteiger partial charge on any atom is 0.233 e. The summed E-state index contributed by atoms with van der Waals surface area (Å²) < 4.78 is 8.75. The van der Waals surface area contributed by atoms with Gasteiger partial charge in [0.15, 0.2) is 0 Å². The van der Waals surface area contributed by atoms with Gasteiger partial charge in [0.25, 0.3) is 0 Å². The molecule has 12 rings (SSSR count). The third-order valence-corrected chi connectivity index (χ3v) is 16.4. The SMILES string of the molecule is O=C(C(=O)c1ccc2c(c1)sc1cc(-c3ccc4c(c3)sc3cc(C(=O)C(=S)c5ccc6c(c5)sc5ccccc56)ccc34)ccc12)c1ccc2c(c1)sc1ccccc12. The van der Waals surface area contributed by atoms with E-state index < -0.39 is 11.6 Å². The lowest BCUT2D eigenvalue weighted by molar-refractivity contribution is 0.0817. The summed E-state index contributed by atoms with van der Waals surface area (Å²) in [7, 11) is 0. The van der Waals surface area contributed by atoms with Crippen molar-refractivity contribution in [1.29, 1.82) is 0 Å². The minimum absolute atomic E-state index is 0.143. The minimum Gasteiger partial charge on any atom is -0.288 e. The average Bonchev–Trinajstić information content (AvgIpc) is 4.06. The van der Waals surface area contributed by atoms with Gasteiger partial charge >= 0.3 is 0 Å². The van der Waals surface area contributed by atoms with E-state index in [1.54, 1.807) is 57.5 Å². The van der Waals surface area contributed by atoms with Crippen LogP contribution in [0.2, 0.25) is 0 Å². The van der Waals surface area contributed by atoms with Crippen molar-refractivity contribution in [3.8, 4) is 11.1 Å². The van der Waals surface area contributed by atoms with Crippen LogP contribution in [-0.4, -0.2) is 22.2 Å². The highest BCUT2D eigenvalue weighted by Gasteiger charge is 2.22. The molecule has 282 valence electrons. The number of fused-ring (bicyclic) bond motifs is 12. The first-order chi connectivity index (χ1) is 29.3. The van der Waals surface area contributed by atoms with Gasteiger partial charge in [0, 0.05) is 97.4 Å². The van der Waals surface area contributed by atoms with E-state index in [-0.39, 0.29) is 5.78 Å². The van der Waals surface area contributed by atoms with Gasteiger partial charge in [0.1, 0.15) is 0 Å². The molecule has 0 N–H and O–H groups in total. The van der Waals surface area contributed by atoms with Gasteiger partial charge in [-0.3, -0.25) is 14.4 Å². The van der Waals surface area contributed by atoms with E-state index in [1.807, 2.05) is 72.8 Å². The molecule has 0 saturated heterocycles. The van der Waals surface area contributed by atoms with Crippen molar-refractivity contribution in [3.05, 3.63) is 180 Å². The van der Waals surface area contributed by atoms with Crippen LogP contribution in [0.1, 0.15) is 36.6 Å². The first-order valence-electron chi connectivity index (χ1n) is 19.3. The maximum atomic E-state index is 13.8. The highest BCUT2D eigenvalue weighted by molar-refractivity contribution is 7.82. The highest BCUT2D eigenvalue weighted by atomic mass is 32.1. The average molecular weight is 859 g/mol. The van der Waals surface area contributed by atoms with Crippen molar-refractivity contribution in [2.24, 2.45) is 0 Å². The second-order valence-electron chi connectivity index (χ2n) is 15.0. The largest absolute Gasteiger partial charge is 0.288 e. The van der Waals surface area contributed by atoms with Gasteiger partial charge in [-0.2, -0.15) is 0 Å². The number of ketones is 3. The second kappa shape index (κ2) is 13.6. The monoisotopic (exact) mass is 858 g/mol. The summed E-state index contributed by atoms with van der Waals surface area (Å²) in [6, 6.07) is 52.7. The number of carbonyl (C=O) groups is 3. The quantitative estimate of drug-likeness (QED) is 0.0910. The van der Waals surface area contributed by atoms with E-state index in [2.05, 4.69) is 72.8 Å². The Kier molecular flexibility index (Phi) is 8.11. The fourth-order valence-corrected chi connectivity index (χ4v) is 13.4. The van der Waals surface area contributed by atoms with Crippen LogP contribution in [0.25, 0.3) is 91.8 Å². The molecule has 0 fully saturated rings. The topological polar surface area (TPSA) is 51.2 Å².